The van der Waals surface area contributed by atoms with Crippen LogP contribution in [0.1, 0.15) is 133 Å². The molecule has 72 heavy (non-hydrogen) atoms. The van der Waals surface area contributed by atoms with Gasteiger partial charge >= 0.3 is 7.82 Å². The molecule has 0 spiro atoms. The molecule has 5 rings (SSSR count). The molecular weight excluding hydrogens is 997 g/mol. The number of rotatable bonds is 22. The standard InChI is InChI=1S/C48H74N11O11P.Co/c1-23(70-71(67,68)69)22-55-38(66)16-17-45(6)29(18-35(52)63)43-48(9)47(8,21-37(54)65)28(12-15-34(51)62)40(59-48)25(3)42-46(7,20-36(53)64)26(10-13-32(49)60)30(56-42)19-31-44(4,5)27(11-14-33(50)61)39(57-31)24(2)41(45)58-43;/h19,23,26-28,30,40-41H,10-18,20-22H2,1-9H3,(H2,49,60)(H2,50,61)(H2,51,62)(H2,52,63)(H2,53,64)(H2,54,65)(H,55,66)(H2,67,68,69);/q-4;/b31-19-,39-24-,42-25-;/t23-,26-,27-,28-,30?,40?,41?,45-,46+,47+,48+;/m1./s1. The molecule has 0 aromatic carbocycles. The van der Waals surface area contributed by atoms with E-state index in [9.17, 15) is 47.9 Å². The Balaban J connectivity index is 0.0000112. The maximum absolute atomic E-state index is 13.7. The predicted molar refractivity (Wildman–Crippen MR) is 264 cm³/mol. The summed E-state index contributed by atoms with van der Waals surface area (Å²) in [4.78, 5) is 110. The van der Waals surface area contributed by atoms with Crippen molar-refractivity contribution >= 4 is 49.2 Å². The molecule has 0 saturated carbocycles. The van der Waals surface area contributed by atoms with Crippen molar-refractivity contribution in [3.8, 4) is 0 Å². The largest absolute Gasteiger partial charge is 0.682 e. The maximum atomic E-state index is 13.7. The van der Waals surface area contributed by atoms with E-state index in [4.69, 9.17) is 60.2 Å². The minimum Gasteiger partial charge on any atom is -0.682 e. The quantitative estimate of drug-likeness (QED) is 0.0702. The molecule has 5 heterocycles. The van der Waals surface area contributed by atoms with Crippen LogP contribution in [0.3, 0.4) is 0 Å². The molecule has 0 aromatic rings. The number of fused-ring (bicyclic) bond motifs is 9. The Kier molecular flexibility index (Phi) is 18.2. The van der Waals surface area contributed by atoms with Gasteiger partial charge in [-0.15, -0.1) is 28.8 Å². The van der Waals surface area contributed by atoms with Gasteiger partial charge in [-0.3, -0.25) is 38.1 Å². The van der Waals surface area contributed by atoms with Crippen LogP contribution in [-0.2, 0) is 59.4 Å². The second-order valence-electron chi connectivity index (χ2n) is 21.8. The molecular formula is C48H74CoN11O11P-4. The average Bonchev–Trinajstić information content (AvgIpc) is 3.83. The zero-order chi connectivity index (χ0) is 53.6. The number of amides is 7. The minimum atomic E-state index is -4.86. The molecule has 0 aromatic heterocycles. The summed E-state index contributed by atoms with van der Waals surface area (Å²) in [6.45, 7) is 16.2. The number of nitrogens with two attached hydrogens (primary N) is 6. The van der Waals surface area contributed by atoms with Crippen LogP contribution in [0.2, 0.25) is 0 Å². The molecule has 0 aliphatic carbocycles. The van der Waals surface area contributed by atoms with Crippen molar-refractivity contribution in [2.24, 2.45) is 73.8 Å². The van der Waals surface area contributed by atoms with Crippen LogP contribution in [0, 0.1) is 39.4 Å². The zero-order valence-electron chi connectivity index (χ0n) is 42.7. The Hall–Kier alpha value is -4.77. The summed E-state index contributed by atoms with van der Waals surface area (Å²) in [7, 11) is -4.86. The van der Waals surface area contributed by atoms with E-state index in [0.717, 1.165) is 0 Å². The monoisotopic (exact) mass is 1070 g/mol. The van der Waals surface area contributed by atoms with Gasteiger partial charge in [-0.05, 0) is 85.9 Å². The van der Waals surface area contributed by atoms with E-state index in [1.807, 2.05) is 54.5 Å². The number of phosphoric acid groups is 1. The van der Waals surface area contributed by atoms with E-state index < -0.39 is 118 Å². The number of hydrogen-bond donors (Lipinski definition) is 9. The van der Waals surface area contributed by atoms with E-state index in [2.05, 4.69) is 5.32 Å². The number of primary amides is 6. The Bertz CT molecular complexity index is 2400. The smallest absolute Gasteiger partial charge is 0.469 e. The van der Waals surface area contributed by atoms with Crippen molar-refractivity contribution in [2.45, 2.75) is 163 Å². The van der Waals surface area contributed by atoms with Gasteiger partial charge in [-0.25, -0.2) is 4.57 Å². The third kappa shape index (κ3) is 11.9. The summed E-state index contributed by atoms with van der Waals surface area (Å²) in [5, 5.41) is 24.6. The molecule has 8 bridgehead atoms. The molecule has 405 valence electrons. The fourth-order valence-corrected chi connectivity index (χ4v) is 13.2. The number of nitrogens with one attached hydrogen (secondary N) is 1. The van der Waals surface area contributed by atoms with E-state index >= 15 is 0 Å². The van der Waals surface area contributed by atoms with E-state index in [0.29, 0.717) is 39.5 Å². The first-order chi connectivity index (χ1) is 32.6. The summed E-state index contributed by atoms with van der Waals surface area (Å²) in [5.41, 5.74) is 33.3. The molecule has 15 N–H and O–H groups in total. The van der Waals surface area contributed by atoms with Crippen molar-refractivity contribution in [3.63, 3.8) is 0 Å². The Morgan fingerprint density at radius 3 is 1.82 bits per heavy atom. The average molecular weight is 1070 g/mol. The normalized spacial score (nSPS) is 34.7. The van der Waals surface area contributed by atoms with E-state index in [1.54, 1.807) is 6.92 Å². The molecule has 24 heteroatoms. The van der Waals surface area contributed by atoms with Crippen molar-refractivity contribution in [1.82, 2.24) is 5.32 Å². The molecule has 3 saturated heterocycles. The van der Waals surface area contributed by atoms with Crippen molar-refractivity contribution < 1.29 is 69.2 Å². The van der Waals surface area contributed by atoms with Crippen LogP contribution < -0.4 is 39.7 Å². The van der Waals surface area contributed by atoms with Gasteiger partial charge in [0.15, 0.2) is 0 Å². The van der Waals surface area contributed by atoms with Gasteiger partial charge in [0.2, 0.25) is 41.4 Å². The first-order valence-electron chi connectivity index (χ1n) is 24.1. The van der Waals surface area contributed by atoms with Gasteiger partial charge < -0.3 is 70.8 Å². The van der Waals surface area contributed by atoms with Gasteiger partial charge in [0.05, 0.1) is 6.10 Å². The second-order valence-corrected chi connectivity index (χ2v) is 23.0. The molecule has 5 aliphatic rings. The van der Waals surface area contributed by atoms with Crippen LogP contribution >= 0.6 is 7.82 Å². The molecule has 3 unspecified atom stereocenters. The predicted octanol–water partition coefficient (Wildman–Crippen LogP) is 3.81. The SMILES string of the molecule is C/C1=C2/[N-]C(/C=C3\[N-]/C(=C(/C)C4[N-]C(=C(CC(N)=O)[C@@]4(C)CCC(=O)NC[C@@H](C)OP(=O)(O)O)[C@]4(C)[N-]C1[C@@H](CCC(N)=O)[C@]4(C)CC(N)=O)[C@@H](CCC(N)=O)C3(C)C)[C@@H](CCC(N)=O)[C@]2(C)CC(N)=O.[Co]. The van der Waals surface area contributed by atoms with E-state index in [-0.39, 0.29) is 94.0 Å². The summed E-state index contributed by atoms with van der Waals surface area (Å²) in [5.74, 6) is -5.98. The van der Waals surface area contributed by atoms with Crippen molar-refractivity contribution in [1.29, 1.82) is 0 Å². The maximum Gasteiger partial charge on any atom is 0.469 e. The first-order valence-corrected chi connectivity index (χ1v) is 25.6. The Morgan fingerprint density at radius 2 is 1.29 bits per heavy atom. The number of nitrogens with zero attached hydrogens (tertiary/aromatic N) is 4. The fraction of sp³-hybridized carbons (Fsp3) is 0.688. The molecule has 22 nitrogen and oxygen atoms in total. The van der Waals surface area contributed by atoms with Crippen LogP contribution in [0.5, 0.6) is 0 Å². The summed E-state index contributed by atoms with van der Waals surface area (Å²) >= 11 is 0. The van der Waals surface area contributed by atoms with Crippen molar-refractivity contribution in [3.05, 3.63) is 66.9 Å². The molecule has 5 aliphatic heterocycles. The minimum absolute atomic E-state index is 0. The number of carbonyl (C=O) groups is 7. The van der Waals surface area contributed by atoms with Crippen LogP contribution in [0.15, 0.2) is 45.6 Å². The number of hydrogen-bond acceptors (Lipinski definition) is 9. The molecule has 3 fully saturated rings. The van der Waals surface area contributed by atoms with Gasteiger partial charge in [-0.2, -0.15) is 22.8 Å². The number of allylic oxidation sites excluding steroid dienone is 3. The first kappa shape index (κ1) is 59.8. The number of carbonyl (C=O) groups excluding carboxylic acids is 7. The van der Waals surface area contributed by atoms with Gasteiger partial charge in [0, 0.05) is 68.3 Å². The van der Waals surface area contributed by atoms with Gasteiger partial charge in [0.25, 0.3) is 0 Å². The third-order valence-corrected chi connectivity index (χ3v) is 17.0. The summed E-state index contributed by atoms with van der Waals surface area (Å²) in [6, 6.07) is -2.45. The Labute approximate surface area is 432 Å². The zero-order valence-corrected chi connectivity index (χ0v) is 44.6. The van der Waals surface area contributed by atoms with Gasteiger partial charge in [-0.1, -0.05) is 59.2 Å². The summed E-state index contributed by atoms with van der Waals surface area (Å²) < 4.78 is 16.2. The van der Waals surface area contributed by atoms with Crippen molar-refractivity contribution in [2.75, 3.05) is 6.54 Å². The fourth-order valence-electron chi connectivity index (χ4n) is 12.6. The van der Waals surface area contributed by atoms with Crippen LogP contribution in [0.25, 0.3) is 21.3 Å². The van der Waals surface area contributed by atoms with Gasteiger partial charge in [0.1, 0.15) is 0 Å². The Morgan fingerprint density at radius 1 is 0.736 bits per heavy atom. The molecule has 1 radical (unpaired) electrons. The van der Waals surface area contributed by atoms with E-state index in [1.165, 1.54) is 6.92 Å². The molecule has 11 atom stereocenters. The van der Waals surface area contributed by atoms with Crippen LogP contribution in [-0.4, -0.2) is 87.5 Å². The third-order valence-electron chi connectivity index (χ3n) is 16.4. The summed E-state index contributed by atoms with van der Waals surface area (Å²) in [6.07, 6.45) is 0.258. The topological polar surface area (TPSA) is 411 Å². The molecule has 7 amide bonds. The van der Waals surface area contributed by atoms with Crippen LogP contribution in [0.4, 0.5) is 0 Å². The second kappa shape index (κ2) is 22.0. The number of phosphoric ester groups is 1.